The highest BCUT2D eigenvalue weighted by molar-refractivity contribution is 5.90. The Morgan fingerprint density at radius 2 is 2.47 bits per heavy atom. The number of ether oxygens (including phenoxy) is 2. The van der Waals surface area contributed by atoms with Gasteiger partial charge in [-0.05, 0) is 25.0 Å². The Morgan fingerprint density at radius 1 is 1.59 bits per heavy atom. The summed E-state index contributed by atoms with van der Waals surface area (Å²) in [4.78, 5) is 11.1. The van der Waals surface area contributed by atoms with Crippen LogP contribution in [0.25, 0.3) is 0 Å². The van der Waals surface area contributed by atoms with Gasteiger partial charge in [-0.3, -0.25) is 10.2 Å². The SMILES string of the molecule is NNC(=O)c1ccc(COCC2CCCO2)o1. The summed E-state index contributed by atoms with van der Waals surface area (Å²) >= 11 is 0. The monoisotopic (exact) mass is 240 g/mol. The number of hydrazine groups is 1. The molecule has 1 aliphatic rings. The first-order valence-corrected chi connectivity index (χ1v) is 5.58. The molecule has 1 fully saturated rings. The topological polar surface area (TPSA) is 86.7 Å². The Bertz CT molecular complexity index is 371. The van der Waals surface area contributed by atoms with Crippen LogP contribution in [0.5, 0.6) is 0 Å². The number of hydrogen-bond acceptors (Lipinski definition) is 5. The van der Waals surface area contributed by atoms with E-state index in [4.69, 9.17) is 19.7 Å². The van der Waals surface area contributed by atoms with Crippen LogP contribution in [0.2, 0.25) is 0 Å². The average Bonchev–Trinajstić information content (AvgIpc) is 2.99. The number of amides is 1. The summed E-state index contributed by atoms with van der Waals surface area (Å²) in [6, 6.07) is 3.26. The van der Waals surface area contributed by atoms with Crippen LogP contribution in [0.4, 0.5) is 0 Å². The largest absolute Gasteiger partial charge is 0.453 e. The van der Waals surface area contributed by atoms with Crippen molar-refractivity contribution in [1.82, 2.24) is 5.43 Å². The molecule has 0 bridgehead atoms. The second-order valence-corrected chi connectivity index (χ2v) is 3.89. The van der Waals surface area contributed by atoms with Gasteiger partial charge in [0, 0.05) is 6.61 Å². The maximum absolute atomic E-state index is 11.1. The second-order valence-electron chi connectivity index (χ2n) is 3.89. The van der Waals surface area contributed by atoms with Crippen molar-refractivity contribution in [3.8, 4) is 0 Å². The molecule has 0 saturated carbocycles. The number of carbonyl (C=O) groups excluding carboxylic acids is 1. The Morgan fingerprint density at radius 3 is 3.18 bits per heavy atom. The van der Waals surface area contributed by atoms with Gasteiger partial charge in [-0.1, -0.05) is 0 Å². The van der Waals surface area contributed by atoms with Crippen LogP contribution in [0.15, 0.2) is 16.5 Å². The molecule has 1 saturated heterocycles. The van der Waals surface area contributed by atoms with Crippen LogP contribution in [0.3, 0.4) is 0 Å². The van der Waals surface area contributed by atoms with E-state index in [1.165, 1.54) is 0 Å². The standard InChI is InChI=1S/C11H16N2O4/c12-13-11(14)10-4-3-9(17-10)7-15-6-8-2-1-5-16-8/h3-4,8H,1-2,5-7,12H2,(H,13,14). The van der Waals surface area contributed by atoms with E-state index in [0.717, 1.165) is 19.4 Å². The van der Waals surface area contributed by atoms with E-state index >= 15 is 0 Å². The van der Waals surface area contributed by atoms with Crippen LogP contribution in [-0.4, -0.2) is 25.2 Å². The van der Waals surface area contributed by atoms with Crippen LogP contribution in [-0.2, 0) is 16.1 Å². The number of nitrogens with one attached hydrogen (secondary N) is 1. The van der Waals surface area contributed by atoms with Gasteiger partial charge < -0.3 is 13.9 Å². The van der Waals surface area contributed by atoms with Crippen molar-refractivity contribution in [3.63, 3.8) is 0 Å². The molecule has 2 heterocycles. The number of nitrogen functional groups attached to an aromatic ring is 1. The molecular weight excluding hydrogens is 224 g/mol. The molecule has 17 heavy (non-hydrogen) atoms. The number of nitrogens with two attached hydrogens (primary N) is 1. The number of carbonyl (C=O) groups is 1. The minimum Gasteiger partial charge on any atom is -0.453 e. The lowest BCUT2D eigenvalue weighted by atomic mass is 10.2. The van der Waals surface area contributed by atoms with Crippen molar-refractivity contribution in [2.75, 3.05) is 13.2 Å². The van der Waals surface area contributed by atoms with Gasteiger partial charge in [-0.15, -0.1) is 0 Å². The Hall–Kier alpha value is -1.37. The summed E-state index contributed by atoms with van der Waals surface area (Å²) in [7, 11) is 0. The van der Waals surface area contributed by atoms with Gasteiger partial charge in [0.1, 0.15) is 12.4 Å². The predicted molar refractivity (Wildman–Crippen MR) is 59.0 cm³/mol. The third-order valence-electron chi connectivity index (χ3n) is 2.59. The zero-order valence-electron chi connectivity index (χ0n) is 9.48. The molecule has 0 spiro atoms. The van der Waals surface area contributed by atoms with Gasteiger partial charge >= 0.3 is 5.91 Å². The number of hydrogen-bond donors (Lipinski definition) is 2. The maximum atomic E-state index is 11.1. The molecule has 1 aromatic rings. The van der Waals surface area contributed by atoms with Gasteiger partial charge in [-0.2, -0.15) is 0 Å². The Balaban J connectivity index is 1.74. The van der Waals surface area contributed by atoms with E-state index in [1.54, 1.807) is 12.1 Å². The molecule has 0 radical (unpaired) electrons. The van der Waals surface area contributed by atoms with E-state index in [0.29, 0.717) is 19.0 Å². The first-order valence-electron chi connectivity index (χ1n) is 5.58. The first-order chi connectivity index (χ1) is 8.29. The molecular formula is C11H16N2O4. The lowest BCUT2D eigenvalue weighted by Gasteiger charge is -2.08. The number of furan rings is 1. The molecule has 0 aliphatic carbocycles. The molecule has 2 rings (SSSR count). The fraction of sp³-hybridized carbons (Fsp3) is 0.545. The highest BCUT2D eigenvalue weighted by atomic mass is 16.5. The molecule has 1 aliphatic heterocycles. The van der Waals surface area contributed by atoms with Gasteiger partial charge in [0.25, 0.3) is 0 Å². The predicted octanol–water partition coefficient (Wildman–Crippen LogP) is 0.579. The normalized spacial score (nSPS) is 19.5. The van der Waals surface area contributed by atoms with Crippen molar-refractivity contribution < 1.29 is 18.7 Å². The third kappa shape index (κ3) is 3.29. The summed E-state index contributed by atoms with van der Waals surface area (Å²) in [5.41, 5.74) is 2.00. The minimum absolute atomic E-state index is 0.184. The zero-order valence-corrected chi connectivity index (χ0v) is 9.48. The lowest BCUT2D eigenvalue weighted by Crippen LogP contribution is -2.29. The second kappa shape index (κ2) is 5.81. The minimum atomic E-state index is -0.449. The molecule has 94 valence electrons. The van der Waals surface area contributed by atoms with E-state index in [1.807, 2.05) is 5.43 Å². The highest BCUT2D eigenvalue weighted by Gasteiger charge is 2.16. The summed E-state index contributed by atoms with van der Waals surface area (Å²) in [5.74, 6) is 5.32. The van der Waals surface area contributed by atoms with Crippen LogP contribution >= 0.6 is 0 Å². The quantitative estimate of drug-likeness (QED) is 0.446. The molecule has 1 unspecified atom stereocenters. The van der Waals surface area contributed by atoms with Gasteiger partial charge in [0.05, 0.1) is 12.7 Å². The molecule has 6 heteroatoms. The smallest absolute Gasteiger partial charge is 0.300 e. The number of rotatable bonds is 5. The van der Waals surface area contributed by atoms with Crippen LogP contribution in [0, 0.1) is 0 Å². The molecule has 6 nitrogen and oxygen atoms in total. The van der Waals surface area contributed by atoms with Crippen LogP contribution in [0.1, 0.15) is 29.2 Å². The van der Waals surface area contributed by atoms with E-state index in [-0.39, 0.29) is 11.9 Å². The van der Waals surface area contributed by atoms with Crippen molar-refractivity contribution in [3.05, 3.63) is 23.7 Å². The van der Waals surface area contributed by atoms with E-state index in [9.17, 15) is 4.79 Å². The van der Waals surface area contributed by atoms with Crippen LogP contribution < -0.4 is 11.3 Å². The van der Waals surface area contributed by atoms with Gasteiger partial charge in [0.15, 0.2) is 5.76 Å². The lowest BCUT2D eigenvalue weighted by molar-refractivity contribution is 0.00559. The van der Waals surface area contributed by atoms with E-state index < -0.39 is 5.91 Å². The van der Waals surface area contributed by atoms with Crippen molar-refractivity contribution in [1.29, 1.82) is 0 Å². The first kappa shape index (κ1) is 12.1. The fourth-order valence-corrected chi connectivity index (χ4v) is 1.72. The van der Waals surface area contributed by atoms with Crippen molar-refractivity contribution in [2.24, 2.45) is 5.84 Å². The fourth-order valence-electron chi connectivity index (χ4n) is 1.72. The molecule has 3 N–H and O–H groups in total. The highest BCUT2D eigenvalue weighted by Crippen LogP contribution is 2.14. The summed E-state index contributed by atoms with van der Waals surface area (Å²) in [6.07, 6.45) is 2.32. The summed E-state index contributed by atoms with van der Waals surface area (Å²) < 4.78 is 16.1. The summed E-state index contributed by atoms with van der Waals surface area (Å²) in [5, 5.41) is 0. The molecule has 1 aromatic heterocycles. The van der Waals surface area contributed by atoms with Crippen molar-refractivity contribution >= 4 is 5.91 Å². The molecule has 1 atom stereocenters. The van der Waals surface area contributed by atoms with Gasteiger partial charge in [0.2, 0.25) is 0 Å². The zero-order chi connectivity index (χ0) is 12.1. The van der Waals surface area contributed by atoms with Crippen molar-refractivity contribution in [2.45, 2.75) is 25.6 Å². The third-order valence-corrected chi connectivity index (χ3v) is 2.59. The van der Waals surface area contributed by atoms with E-state index in [2.05, 4.69) is 0 Å². The Kier molecular flexibility index (Phi) is 4.13. The summed E-state index contributed by atoms with van der Waals surface area (Å²) in [6.45, 7) is 1.70. The Labute approximate surface area is 99.0 Å². The average molecular weight is 240 g/mol. The maximum Gasteiger partial charge on any atom is 0.300 e. The van der Waals surface area contributed by atoms with Gasteiger partial charge in [-0.25, -0.2) is 5.84 Å². The molecule has 0 aromatic carbocycles. The molecule has 1 amide bonds.